The van der Waals surface area contributed by atoms with E-state index in [1.807, 2.05) is 26.0 Å². The summed E-state index contributed by atoms with van der Waals surface area (Å²) in [5.41, 5.74) is 1.09. The summed E-state index contributed by atoms with van der Waals surface area (Å²) in [4.78, 5) is 66.1. The number of aromatic nitrogens is 1. The number of methoxy groups -OCH3 is 2. The Morgan fingerprint density at radius 3 is 2.55 bits per heavy atom. The van der Waals surface area contributed by atoms with Gasteiger partial charge in [0.1, 0.15) is 5.75 Å². The fourth-order valence-corrected chi connectivity index (χ4v) is 4.65. The minimum absolute atomic E-state index is 0.0606. The minimum Gasteiger partial charge on any atom is -0.496 e. The summed E-state index contributed by atoms with van der Waals surface area (Å²) in [5.74, 6) is -1.96. The molecule has 0 unspecified atom stereocenters. The van der Waals surface area contributed by atoms with E-state index >= 15 is 0 Å². The van der Waals surface area contributed by atoms with Gasteiger partial charge in [0.2, 0.25) is 11.8 Å². The van der Waals surface area contributed by atoms with E-state index in [1.165, 1.54) is 0 Å². The van der Waals surface area contributed by atoms with Gasteiger partial charge in [0, 0.05) is 35.7 Å². The zero-order valence-corrected chi connectivity index (χ0v) is 22.1. The van der Waals surface area contributed by atoms with Crippen LogP contribution in [0.2, 0.25) is 0 Å². The number of carbonyl (C=O) groups excluding carboxylic acids is 5. The molecule has 3 N–H and O–H groups in total. The molecule has 1 saturated heterocycles. The molecule has 2 amide bonds. The van der Waals surface area contributed by atoms with Crippen molar-refractivity contribution in [2.24, 2.45) is 17.8 Å². The Balaban J connectivity index is 1.76. The van der Waals surface area contributed by atoms with Crippen LogP contribution in [0.1, 0.15) is 50.0 Å². The summed E-state index contributed by atoms with van der Waals surface area (Å²) in [5, 5.41) is 6.20. The minimum atomic E-state index is -1.07. The summed E-state index contributed by atoms with van der Waals surface area (Å²) in [6, 6.07) is 6.08. The molecule has 1 aliphatic rings. The molecular weight excluding hydrogens is 494 g/mol. The fraction of sp³-hybridized carbons (Fsp3) is 0.519. The second-order valence-corrected chi connectivity index (χ2v) is 9.84. The SMILES string of the molecule is COC(=O)OCC(=O)[C@H](C[C@@H]1CCNC1=O)NC(=O)[C@@H](CC(=O)c1cc2c(OC)cccc2[nH]1)CC(C)C. The van der Waals surface area contributed by atoms with Crippen LogP contribution in [0.15, 0.2) is 24.3 Å². The molecule has 11 nitrogen and oxygen atoms in total. The smallest absolute Gasteiger partial charge is 0.496 e. The van der Waals surface area contributed by atoms with Gasteiger partial charge in [-0.2, -0.15) is 0 Å². The first kappa shape index (κ1) is 28.7. The second kappa shape index (κ2) is 13.1. The molecule has 206 valence electrons. The number of benzene rings is 1. The van der Waals surface area contributed by atoms with Crippen LogP contribution in [0.4, 0.5) is 4.79 Å². The maximum absolute atomic E-state index is 13.4. The van der Waals surface area contributed by atoms with Gasteiger partial charge in [0.15, 0.2) is 18.2 Å². The van der Waals surface area contributed by atoms with Gasteiger partial charge >= 0.3 is 6.16 Å². The van der Waals surface area contributed by atoms with Gasteiger partial charge in [-0.3, -0.25) is 19.2 Å². The van der Waals surface area contributed by atoms with Crippen LogP contribution in [0, 0.1) is 17.8 Å². The average molecular weight is 530 g/mol. The number of ketones is 2. The van der Waals surface area contributed by atoms with Crippen molar-refractivity contribution in [1.82, 2.24) is 15.6 Å². The van der Waals surface area contributed by atoms with Gasteiger partial charge in [-0.25, -0.2) is 4.79 Å². The quantitative estimate of drug-likeness (QED) is 0.264. The Bertz CT molecular complexity index is 1190. The molecule has 38 heavy (non-hydrogen) atoms. The summed E-state index contributed by atoms with van der Waals surface area (Å²) < 4.78 is 14.5. The third-order valence-electron chi connectivity index (χ3n) is 6.59. The topological polar surface area (TPSA) is 153 Å². The van der Waals surface area contributed by atoms with E-state index in [0.29, 0.717) is 30.8 Å². The zero-order chi connectivity index (χ0) is 27.8. The number of carbonyl (C=O) groups is 5. The van der Waals surface area contributed by atoms with E-state index in [0.717, 1.165) is 18.0 Å². The number of nitrogens with one attached hydrogen (secondary N) is 3. The molecule has 0 bridgehead atoms. The first-order valence-electron chi connectivity index (χ1n) is 12.6. The highest BCUT2D eigenvalue weighted by Crippen LogP contribution is 2.28. The van der Waals surface area contributed by atoms with Gasteiger partial charge in [-0.05, 0) is 43.4 Å². The molecule has 0 spiro atoms. The second-order valence-electron chi connectivity index (χ2n) is 9.84. The number of rotatable bonds is 13. The summed E-state index contributed by atoms with van der Waals surface area (Å²) in [6.45, 7) is 3.75. The standard InChI is InChI=1S/C27H35N3O8/c1-15(2)10-17(12-22(31)21-13-18-19(29-21)6-5-7-24(18)36-3)26(34)30-20(11-16-8-9-28-25(16)33)23(32)14-38-27(35)37-4/h5-7,13,15-17,20,29H,8-12,14H2,1-4H3,(H,28,33)(H,30,34)/t16-,17+,20-/m0/s1. The van der Waals surface area contributed by atoms with E-state index in [9.17, 15) is 24.0 Å². The predicted molar refractivity (Wildman–Crippen MR) is 138 cm³/mol. The first-order valence-corrected chi connectivity index (χ1v) is 12.6. The Labute approximate surface area is 220 Å². The average Bonchev–Trinajstić information content (AvgIpc) is 3.51. The molecule has 11 heteroatoms. The number of aromatic amines is 1. The monoisotopic (exact) mass is 529 g/mol. The molecular formula is C27H35N3O8. The predicted octanol–water partition coefficient (Wildman–Crippen LogP) is 2.77. The van der Waals surface area contributed by atoms with Crippen molar-refractivity contribution >= 4 is 40.4 Å². The van der Waals surface area contributed by atoms with Gasteiger partial charge in [0.05, 0.1) is 26.0 Å². The number of H-pyrrole nitrogens is 1. The third-order valence-corrected chi connectivity index (χ3v) is 6.59. The number of hydrogen-bond acceptors (Lipinski definition) is 8. The lowest BCUT2D eigenvalue weighted by molar-refractivity contribution is -0.133. The number of ether oxygens (including phenoxy) is 3. The molecule has 3 atom stereocenters. The van der Waals surface area contributed by atoms with Crippen molar-refractivity contribution in [2.45, 2.75) is 45.6 Å². The third kappa shape index (κ3) is 7.33. The van der Waals surface area contributed by atoms with Crippen LogP contribution in [0.5, 0.6) is 5.75 Å². The van der Waals surface area contributed by atoms with Crippen molar-refractivity contribution in [2.75, 3.05) is 27.4 Å². The number of amides is 2. The summed E-state index contributed by atoms with van der Waals surface area (Å²) in [6.07, 6.45) is -0.118. The van der Waals surface area contributed by atoms with Gasteiger partial charge in [-0.15, -0.1) is 0 Å². The molecule has 0 aliphatic carbocycles. The largest absolute Gasteiger partial charge is 0.508 e. The highest BCUT2D eigenvalue weighted by atomic mass is 16.7. The molecule has 1 fully saturated rings. The molecule has 3 rings (SSSR count). The lowest BCUT2D eigenvalue weighted by atomic mass is 9.89. The van der Waals surface area contributed by atoms with E-state index in [4.69, 9.17) is 9.47 Å². The van der Waals surface area contributed by atoms with Crippen molar-refractivity contribution in [3.8, 4) is 5.75 Å². The highest BCUT2D eigenvalue weighted by Gasteiger charge is 2.34. The van der Waals surface area contributed by atoms with Crippen molar-refractivity contribution < 1.29 is 38.2 Å². The van der Waals surface area contributed by atoms with Crippen LogP contribution in [0.3, 0.4) is 0 Å². The summed E-state index contributed by atoms with van der Waals surface area (Å²) in [7, 11) is 2.67. The lowest BCUT2D eigenvalue weighted by Gasteiger charge is -2.24. The van der Waals surface area contributed by atoms with Crippen LogP contribution < -0.4 is 15.4 Å². The van der Waals surface area contributed by atoms with Crippen molar-refractivity contribution in [3.63, 3.8) is 0 Å². The Kier molecular flexibility index (Phi) is 9.86. The van der Waals surface area contributed by atoms with Crippen LogP contribution in [-0.2, 0) is 23.9 Å². The molecule has 0 saturated carbocycles. The Morgan fingerprint density at radius 1 is 1.16 bits per heavy atom. The molecule has 1 aromatic carbocycles. The van der Waals surface area contributed by atoms with Crippen LogP contribution in [-0.4, -0.2) is 67.9 Å². The Hall–Kier alpha value is -3.89. The van der Waals surface area contributed by atoms with E-state index in [2.05, 4.69) is 20.4 Å². The molecule has 1 aliphatic heterocycles. The molecule has 1 aromatic heterocycles. The zero-order valence-electron chi connectivity index (χ0n) is 22.1. The van der Waals surface area contributed by atoms with Crippen LogP contribution >= 0.6 is 0 Å². The molecule has 2 heterocycles. The fourth-order valence-electron chi connectivity index (χ4n) is 4.65. The molecule has 2 aromatic rings. The van der Waals surface area contributed by atoms with Gasteiger partial charge in [-0.1, -0.05) is 19.9 Å². The lowest BCUT2D eigenvalue weighted by Crippen LogP contribution is -2.47. The van der Waals surface area contributed by atoms with Gasteiger partial charge < -0.3 is 29.8 Å². The van der Waals surface area contributed by atoms with Crippen molar-refractivity contribution in [1.29, 1.82) is 0 Å². The summed E-state index contributed by atoms with van der Waals surface area (Å²) >= 11 is 0. The van der Waals surface area contributed by atoms with Gasteiger partial charge in [0.25, 0.3) is 0 Å². The highest BCUT2D eigenvalue weighted by molar-refractivity contribution is 6.02. The number of Topliss-reactive ketones (excluding diaryl/α,β-unsaturated/α-hetero) is 2. The number of hydrogen-bond donors (Lipinski definition) is 3. The van der Waals surface area contributed by atoms with E-state index in [1.54, 1.807) is 19.2 Å². The van der Waals surface area contributed by atoms with Crippen LogP contribution in [0.25, 0.3) is 10.9 Å². The molecule has 0 radical (unpaired) electrons. The van der Waals surface area contributed by atoms with Crippen molar-refractivity contribution in [3.05, 3.63) is 30.0 Å². The van der Waals surface area contributed by atoms with E-state index < -0.39 is 42.3 Å². The Morgan fingerprint density at radius 2 is 1.92 bits per heavy atom. The normalized spacial score (nSPS) is 16.6. The number of fused-ring (bicyclic) bond motifs is 1. The first-order chi connectivity index (χ1) is 18.1. The van der Waals surface area contributed by atoms with E-state index in [-0.39, 0.29) is 30.4 Å². The maximum Gasteiger partial charge on any atom is 0.508 e. The maximum atomic E-state index is 13.4.